The van der Waals surface area contributed by atoms with Gasteiger partial charge in [-0.2, -0.15) is 0 Å². The highest BCUT2D eigenvalue weighted by molar-refractivity contribution is 6.42. The van der Waals surface area contributed by atoms with Gasteiger partial charge in [-0.25, -0.2) is 0 Å². The van der Waals surface area contributed by atoms with Gasteiger partial charge in [0.15, 0.2) is 0 Å². The van der Waals surface area contributed by atoms with Gasteiger partial charge in [-0.1, -0.05) is 36.2 Å². The van der Waals surface area contributed by atoms with Gasteiger partial charge in [0.25, 0.3) is 0 Å². The number of nitrogens with one attached hydrogen (secondary N) is 1. The number of hydrogen-bond donors (Lipinski definition) is 2. The fourth-order valence-electron chi connectivity index (χ4n) is 2.13. The van der Waals surface area contributed by atoms with E-state index in [0.29, 0.717) is 16.5 Å². The fraction of sp³-hybridized carbons (Fsp3) is 0.385. The molecule has 4 nitrogen and oxygen atoms in total. The third-order valence-corrected chi connectivity index (χ3v) is 4.27. The van der Waals surface area contributed by atoms with Gasteiger partial charge in [-0.15, -0.1) is 0 Å². The van der Waals surface area contributed by atoms with Crippen molar-refractivity contribution in [2.75, 3.05) is 0 Å². The maximum atomic E-state index is 12.0. The van der Waals surface area contributed by atoms with E-state index < -0.39 is 17.3 Å². The first-order valence-corrected chi connectivity index (χ1v) is 6.59. The molecule has 1 aliphatic rings. The lowest BCUT2D eigenvalue weighted by Gasteiger charge is -2.12. The lowest BCUT2D eigenvalue weighted by Crippen LogP contribution is -2.37. The topological polar surface area (TPSA) is 66.4 Å². The number of carboxylic acids is 1. The van der Waals surface area contributed by atoms with Gasteiger partial charge in [-0.05, 0) is 30.0 Å². The van der Waals surface area contributed by atoms with Crippen molar-refractivity contribution in [2.45, 2.75) is 19.9 Å². The molecule has 0 radical (unpaired) electrons. The Morgan fingerprint density at radius 2 is 2.05 bits per heavy atom. The Hall–Kier alpha value is -1.26. The van der Waals surface area contributed by atoms with Crippen LogP contribution in [0.4, 0.5) is 0 Å². The molecule has 1 amide bonds. The first kappa shape index (κ1) is 14.2. The molecule has 0 spiro atoms. The van der Waals surface area contributed by atoms with Crippen molar-refractivity contribution in [3.63, 3.8) is 0 Å². The van der Waals surface area contributed by atoms with Crippen LogP contribution in [0.5, 0.6) is 0 Å². The maximum absolute atomic E-state index is 12.0. The summed E-state index contributed by atoms with van der Waals surface area (Å²) in [5, 5.41) is 12.6. The van der Waals surface area contributed by atoms with Crippen LogP contribution in [0.25, 0.3) is 0 Å². The van der Waals surface area contributed by atoms with Crippen molar-refractivity contribution in [1.29, 1.82) is 0 Å². The number of carbonyl (C=O) groups excluding carboxylic acids is 1. The van der Waals surface area contributed by atoms with Crippen LogP contribution < -0.4 is 5.32 Å². The zero-order chi connectivity index (χ0) is 14.2. The van der Waals surface area contributed by atoms with Crippen LogP contribution >= 0.6 is 23.2 Å². The van der Waals surface area contributed by atoms with Gasteiger partial charge >= 0.3 is 5.97 Å². The summed E-state index contributed by atoms with van der Waals surface area (Å²) >= 11 is 11.7. The molecule has 19 heavy (non-hydrogen) atoms. The van der Waals surface area contributed by atoms with Crippen molar-refractivity contribution < 1.29 is 14.7 Å². The average Bonchev–Trinajstić information content (AvgIpc) is 3.03. The molecule has 0 unspecified atom stereocenters. The van der Waals surface area contributed by atoms with E-state index in [1.807, 2.05) is 0 Å². The molecule has 0 aromatic heterocycles. The zero-order valence-corrected chi connectivity index (χ0v) is 11.8. The Kier molecular flexibility index (Phi) is 3.74. The second kappa shape index (κ2) is 5.02. The number of benzene rings is 1. The quantitative estimate of drug-likeness (QED) is 0.840. The highest BCUT2D eigenvalue weighted by atomic mass is 35.5. The van der Waals surface area contributed by atoms with Gasteiger partial charge in [0, 0.05) is 6.54 Å². The zero-order valence-electron chi connectivity index (χ0n) is 10.2. The SMILES string of the molecule is C[C@@H]1C[C@@]1(C(=O)O)C(=O)NCc1ccc(Cl)c(Cl)c1. The Balaban J connectivity index is 2.01. The minimum absolute atomic E-state index is 0.126. The van der Waals surface area contributed by atoms with Crippen LogP contribution in [0.1, 0.15) is 18.9 Å². The number of rotatable bonds is 4. The van der Waals surface area contributed by atoms with Gasteiger partial charge in [0.1, 0.15) is 5.41 Å². The largest absolute Gasteiger partial charge is 0.480 e. The fourth-order valence-corrected chi connectivity index (χ4v) is 2.45. The smallest absolute Gasteiger partial charge is 0.319 e. The molecule has 1 fully saturated rings. The monoisotopic (exact) mass is 301 g/mol. The van der Waals surface area contributed by atoms with E-state index in [9.17, 15) is 9.59 Å². The molecular formula is C13H13Cl2NO3. The van der Waals surface area contributed by atoms with Gasteiger partial charge in [0.2, 0.25) is 5.91 Å². The molecule has 6 heteroatoms. The third kappa shape index (κ3) is 2.55. The maximum Gasteiger partial charge on any atom is 0.319 e. The van der Waals surface area contributed by atoms with Crippen molar-refractivity contribution in [3.8, 4) is 0 Å². The average molecular weight is 302 g/mol. The highest BCUT2D eigenvalue weighted by Gasteiger charge is 2.63. The molecule has 2 N–H and O–H groups in total. The number of aliphatic carboxylic acids is 1. The van der Waals surface area contributed by atoms with E-state index in [-0.39, 0.29) is 12.5 Å². The Labute approximate surface area is 120 Å². The second-order valence-electron chi connectivity index (χ2n) is 4.81. The summed E-state index contributed by atoms with van der Waals surface area (Å²) in [6, 6.07) is 5.02. The number of carboxylic acid groups (broad SMARTS) is 1. The summed E-state index contributed by atoms with van der Waals surface area (Å²) in [6.07, 6.45) is 0.384. The van der Waals surface area contributed by atoms with Crippen LogP contribution in [0.3, 0.4) is 0 Å². The molecule has 2 atom stereocenters. The number of carbonyl (C=O) groups is 2. The van der Waals surface area contributed by atoms with Gasteiger partial charge in [-0.3, -0.25) is 9.59 Å². The first-order valence-electron chi connectivity index (χ1n) is 5.83. The van der Waals surface area contributed by atoms with Gasteiger partial charge < -0.3 is 10.4 Å². The van der Waals surface area contributed by atoms with Crippen molar-refractivity contribution in [1.82, 2.24) is 5.32 Å². The van der Waals surface area contributed by atoms with E-state index in [0.717, 1.165) is 5.56 Å². The summed E-state index contributed by atoms with van der Waals surface area (Å²) in [5.74, 6) is -1.64. The number of amides is 1. The van der Waals surface area contributed by atoms with E-state index >= 15 is 0 Å². The molecule has 1 aliphatic carbocycles. The van der Waals surface area contributed by atoms with Gasteiger partial charge in [0.05, 0.1) is 10.0 Å². The Morgan fingerprint density at radius 1 is 1.42 bits per heavy atom. The Morgan fingerprint density at radius 3 is 2.53 bits per heavy atom. The minimum atomic E-state index is -1.25. The molecular weight excluding hydrogens is 289 g/mol. The van der Waals surface area contributed by atoms with E-state index in [1.54, 1.807) is 25.1 Å². The van der Waals surface area contributed by atoms with Crippen LogP contribution in [-0.4, -0.2) is 17.0 Å². The standard InChI is InChI=1S/C13H13Cl2NO3/c1-7-5-13(7,12(18)19)11(17)16-6-8-2-3-9(14)10(15)4-8/h2-4,7H,5-6H2,1H3,(H,16,17)(H,18,19)/t7-,13+/m1/s1. The molecule has 0 aliphatic heterocycles. The lowest BCUT2D eigenvalue weighted by atomic mass is 10.0. The normalized spacial score (nSPS) is 24.9. The molecule has 1 saturated carbocycles. The Bertz CT molecular complexity index is 547. The van der Waals surface area contributed by atoms with E-state index in [1.165, 1.54) is 0 Å². The highest BCUT2D eigenvalue weighted by Crippen LogP contribution is 2.52. The molecule has 0 heterocycles. The lowest BCUT2D eigenvalue weighted by molar-refractivity contribution is -0.149. The molecule has 1 aromatic rings. The first-order chi connectivity index (χ1) is 8.87. The van der Waals surface area contributed by atoms with Crippen LogP contribution in [0, 0.1) is 11.3 Å². The van der Waals surface area contributed by atoms with E-state index in [4.69, 9.17) is 28.3 Å². The van der Waals surface area contributed by atoms with Crippen molar-refractivity contribution in [2.24, 2.45) is 11.3 Å². The summed E-state index contributed by atoms with van der Waals surface area (Å²) in [4.78, 5) is 23.1. The summed E-state index contributed by atoms with van der Waals surface area (Å²) in [6.45, 7) is 1.99. The molecule has 1 aromatic carbocycles. The molecule has 0 bridgehead atoms. The summed E-state index contributed by atoms with van der Waals surface area (Å²) in [7, 11) is 0. The van der Waals surface area contributed by atoms with Crippen LogP contribution in [0.2, 0.25) is 10.0 Å². The molecule has 102 valence electrons. The third-order valence-electron chi connectivity index (χ3n) is 3.53. The summed E-state index contributed by atoms with van der Waals surface area (Å²) < 4.78 is 0. The van der Waals surface area contributed by atoms with Crippen LogP contribution in [-0.2, 0) is 16.1 Å². The van der Waals surface area contributed by atoms with Crippen molar-refractivity contribution >= 4 is 35.1 Å². The predicted molar refractivity (Wildman–Crippen MR) is 72.2 cm³/mol. The molecule has 2 rings (SSSR count). The minimum Gasteiger partial charge on any atom is -0.480 e. The second-order valence-corrected chi connectivity index (χ2v) is 5.63. The van der Waals surface area contributed by atoms with E-state index in [2.05, 4.69) is 5.32 Å². The van der Waals surface area contributed by atoms with Crippen molar-refractivity contribution in [3.05, 3.63) is 33.8 Å². The number of halogens is 2. The predicted octanol–water partition coefficient (Wildman–Crippen LogP) is 2.72. The molecule has 0 saturated heterocycles. The summed E-state index contributed by atoms with van der Waals surface area (Å²) in [5.41, 5.74) is -0.479. The van der Waals surface area contributed by atoms with Crippen LogP contribution in [0.15, 0.2) is 18.2 Å². The number of hydrogen-bond acceptors (Lipinski definition) is 2.